The van der Waals surface area contributed by atoms with E-state index in [-0.39, 0.29) is 29.2 Å². The van der Waals surface area contributed by atoms with Crippen LogP contribution in [0.1, 0.15) is 71.3 Å². The topological polar surface area (TPSA) is 67.8 Å². The Morgan fingerprint density at radius 3 is 2.59 bits per heavy atom. The van der Waals surface area contributed by atoms with Crippen molar-refractivity contribution in [3.63, 3.8) is 0 Å². The molecule has 1 unspecified atom stereocenters. The smallest absolute Gasteiger partial charge is 0.133 e. The Balaban J connectivity index is 0.000000345. The predicted molar refractivity (Wildman–Crippen MR) is 110 cm³/mol. The maximum Gasteiger partial charge on any atom is 0.133 e. The maximum absolute atomic E-state index is 11.6. The first-order chi connectivity index (χ1) is 12.7. The quantitative estimate of drug-likeness (QED) is 0.734. The molecular weight excluding hydrogens is 342 g/mol. The molecule has 0 saturated heterocycles. The lowest BCUT2D eigenvalue weighted by molar-refractivity contribution is -0.120. The number of phenols is 1. The molecule has 5 heteroatoms. The molecule has 0 aromatic heterocycles. The van der Waals surface area contributed by atoms with Gasteiger partial charge in [0.2, 0.25) is 0 Å². The van der Waals surface area contributed by atoms with Crippen molar-refractivity contribution in [2.45, 2.75) is 77.4 Å². The van der Waals surface area contributed by atoms with Gasteiger partial charge >= 0.3 is 0 Å². The van der Waals surface area contributed by atoms with Crippen molar-refractivity contribution in [2.24, 2.45) is 0 Å². The summed E-state index contributed by atoms with van der Waals surface area (Å²) in [5.74, 6) is 1.34. The molecule has 1 atom stereocenters. The molecule has 1 aromatic rings. The van der Waals surface area contributed by atoms with E-state index in [1.807, 2.05) is 27.0 Å². The van der Waals surface area contributed by atoms with Gasteiger partial charge in [0.05, 0.1) is 11.7 Å². The SMILES string of the molecule is CC(C)Oc1cccc(O)c1C1CCCC(=O)C1.CNCCC(C)(C)OC. The van der Waals surface area contributed by atoms with E-state index in [9.17, 15) is 9.90 Å². The lowest BCUT2D eigenvalue weighted by Crippen LogP contribution is -2.27. The van der Waals surface area contributed by atoms with Crippen molar-refractivity contribution in [3.05, 3.63) is 23.8 Å². The summed E-state index contributed by atoms with van der Waals surface area (Å²) in [4.78, 5) is 11.6. The zero-order valence-corrected chi connectivity index (χ0v) is 17.8. The first-order valence-corrected chi connectivity index (χ1v) is 9.90. The van der Waals surface area contributed by atoms with Gasteiger partial charge in [-0.05, 0) is 78.6 Å². The van der Waals surface area contributed by atoms with Crippen LogP contribution in [-0.4, -0.2) is 43.3 Å². The van der Waals surface area contributed by atoms with Crippen LogP contribution in [0.5, 0.6) is 11.5 Å². The highest BCUT2D eigenvalue weighted by Gasteiger charge is 2.26. The summed E-state index contributed by atoms with van der Waals surface area (Å²) >= 11 is 0. The summed E-state index contributed by atoms with van der Waals surface area (Å²) in [5, 5.41) is 13.1. The molecule has 0 aliphatic heterocycles. The number of rotatable bonds is 7. The molecular formula is C22H37NO4. The van der Waals surface area contributed by atoms with Crippen molar-refractivity contribution < 1.29 is 19.4 Å². The van der Waals surface area contributed by atoms with Crippen molar-refractivity contribution in [2.75, 3.05) is 20.7 Å². The summed E-state index contributed by atoms with van der Waals surface area (Å²) in [7, 11) is 3.70. The van der Waals surface area contributed by atoms with Crippen molar-refractivity contribution in [1.82, 2.24) is 5.32 Å². The van der Waals surface area contributed by atoms with Crippen molar-refractivity contribution >= 4 is 5.78 Å². The van der Waals surface area contributed by atoms with Gasteiger partial charge in [0.15, 0.2) is 0 Å². The van der Waals surface area contributed by atoms with E-state index in [0.717, 1.165) is 31.4 Å². The molecule has 5 nitrogen and oxygen atoms in total. The number of ether oxygens (including phenoxy) is 2. The molecule has 27 heavy (non-hydrogen) atoms. The second-order valence-corrected chi connectivity index (χ2v) is 8.00. The number of aromatic hydroxyl groups is 1. The molecule has 1 aliphatic rings. The summed E-state index contributed by atoms with van der Waals surface area (Å²) < 4.78 is 10.9. The summed E-state index contributed by atoms with van der Waals surface area (Å²) in [6.07, 6.45) is 4.15. The van der Waals surface area contributed by atoms with Gasteiger partial charge in [-0.1, -0.05) is 6.07 Å². The fourth-order valence-electron chi connectivity index (χ4n) is 3.10. The van der Waals surface area contributed by atoms with Gasteiger partial charge in [-0.15, -0.1) is 0 Å². The number of phenolic OH excluding ortho intramolecular Hbond substituents is 1. The fraction of sp³-hybridized carbons (Fsp3) is 0.682. The monoisotopic (exact) mass is 379 g/mol. The van der Waals surface area contributed by atoms with Crippen LogP contribution in [-0.2, 0) is 9.53 Å². The summed E-state index contributed by atoms with van der Waals surface area (Å²) in [5.41, 5.74) is 0.836. The Bertz CT molecular complexity index is 584. The largest absolute Gasteiger partial charge is 0.508 e. The van der Waals surface area contributed by atoms with Crippen LogP contribution in [0.3, 0.4) is 0 Å². The Morgan fingerprint density at radius 1 is 1.33 bits per heavy atom. The molecule has 0 bridgehead atoms. The van der Waals surface area contributed by atoms with Crippen LogP contribution in [0, 0.1) is 0 Å². The summed E-state index contributed by atoms with van der Waals surface area (Å²) in [6, 6.07) is 5.32. The first kappa shape index (κ1) is 23.4. The van der Waals surface area contributed by atoms with Crippen LogP contribution in [0.15, 0.2) is 18.2 Å². The lowest BCUT2D eigenvalue weighted by Gasteiger charge is -2.25. The number of nitrogens with one attached hydrogen (secondary N) is 1. The molecule has 0 spiro atoms. The minimum absolute atomic E-state index is 0.0308. The molecule has 1 aliphatic carbocycles. The molecule has 2 N–H and O–H groups in total. The van der Waals surface area contributed by atoms with Crippen LogP contribution in [0.2, 0.25) is 0 Å². The Hall–Kier alpha value is -1.59. The van der Waals surface area contributed by atoms with Crippen LogP contribution < -0.4 is 10.1 Å². The number of benzene rings is 1. The van der Waals surface area contributed by atoms with Gasteiger partial charge in [-0.25, -0.2) is 0 Å². The minimum atomic E-state index is 0.0308. The van der Waals surface area contributed by atoms with Crippen molar-refractivity contribution in [3.8, 4) is 11.5 Å². The van der Waals surface area contributed by atoms with Gasteiger partial charge < -0.3 is 19.9 Å². The van der Waals surface area contributed by atoms with Crippen LogP contribution in [0.4, 0.5) is 0 Å². The van der Waals surface area contributed by atoms with Gasteiger partial charge in [-0.3, -0.25) is 4.79 Å². The number of carbonyl (C=O) groups is 1. The average Bonchev–Trinajstić information content (AvgIpc) is 2.60. The zero-order valence-electron chi connectivity index (χ0n) is 17.8. The van der Waals surface area contributed by atoms with E-state index in [1.165, 1.54) is 0 Å². The van der Waals surface area contributed by atoms with E-state index in [2.05, 4.69) is 19.2 Å². The Labute approximate surface area is 164 Å². The molecule has 0 radical (unpaired) electrons. The van der Waals surface area contributed by atoms with Gasteiger partial charge in [0, 0.05) is 25.5 Å². The Morgan fingerprint density at radius 2 is 2.04 bits per heavy atom. The number of Topliss-reactive ketones (excluding diaryl/α,β-unsaturated/α-hetero) is 1. The molecule has 0 heterocycles. The highest BCUT2D eigenvalue weighted by Crippen LogP contribution is 2.41. The third-order valence-corrected chi connectivity index (χ3v) is 4.83. The number of hydrogen-bond acceptors (Lipinski definition) is 5. The van der Waals surface area contributed by atoms with E-state index in [0.29, 0.717) is 18.6 Å². The second kappa shape index (κ2) is 11.3. The van der Waals surface area contributed by atoms with E-state index >= 15 is 0 Å². The minimum Gasteiger partial charge on any atom is -0.508 e. The fourth-order valence-corrected chi connectivity index (χ4v) is 3.10. The number of hydrogen-bond donors (Lipinski definition) is 2. The average molecular weight is 380 g/mol. The first-order valence-electron chi connectivity index (χ1n) is 9.90. The number of carbonyl (C=O) groups excluding carboxylic acids is 1. The molecule has 0 amide bonds. The number of ketones is 1. The normalized spacial score (nSPS) is 17.4. The highest BCUT2D eigenvalue weighted by atomic mass is 16.5. The summed E-state index contributed by atoms with van der Waals surface area (Å²) in [6.45, 7) is 9.11. The highest BCUT2D eigenvalue weighted by molar-refractivity contribution is 5.80. The van der Waals surface area contributed by atoms with Crippen molar-refractivity contribution in [1.29, 1.82) is 0 Å². The standard InChI is InChI=1S/C15H20O3.C7H17NO/c1-10(2)18-14-8-4-7-13(17)15(14)11-5-3-6-12(16)9-11;1-7(2,9-4)5-6-8-3/h4,7-8,10-11,17H,3,5-6,9H2,1-2H3;8H,5-6H2,1-4H3. The molecule has 154 valence electrons. The lowest BCUT2D eigenvalue weighted by atomic mass is 9.82. The molecule has 1 fully saturated rings. The van der Waals surface area contributed by atoms with E-state index in [4.69, 9.17) is 9.47 Å². The second-order valence-electron chi connectivity index (χ2n) is 8.00. The predicted octanol–water partition coefficient (Wildman–Crippen LogP) is 4.43. The third-order valence-electron chi connectivity index (χ3n) is 4.83. The Kier molecular flexibility index (Phi) is 9.81. The third kappa shape index (κ3) is 8.31. The van der Waals surface area contributed by atoms with Crippen LogP contribution >= 0.6 is 0 Å². The molecule has 1 aromatic carbocycles. The van der Waals surface area contributed by atoms with Gasteiger partial charge in [0.25, 0.3) is 0 Å². The molecule has 2 rings (SSSR count). The number of methoxy groups -OCH3 is 1. The van der Waals surface area contributed by atoms with E-state index in [1.54, 1.807) is 19.2 Å². The van der Waals surface area contributed by atoms with Gasteiger partial charge in [0.1, 0.15) is 17.3 Å². The maximum atomic E-state index is 11.6. The zero-order chi connectivity index (χ0) is 20.4. The van der Waals surface area contributed by atoms with Crippen LogP contribution in [0.25, 0.3) is 0 Å². The van der Waals surface area contributed by atoms with E-state index < -0.39 is 0 Å². The molecule has 1 saturated carbocycles. The van der Waals surface area contributed by atoms with Gasteiger partial charge in [-0.2, -0.15) is 0 Å².